The zero-order chi connectivity index (χ0) is 13.5. The predicted octanol–water partition coefficient (Wildman–Crippen LogP) is 1.34. The maximum Gasteiger partial charge on any atom is 0.325 e. The van der Waals surface area contributed by atoms with Gasteiger partial charge in [0.15, 0.2) is 0 Å². The van der Waals surface area contributed by atoms with Crippen LogP contribution in [0.3, 0.4) is 0 Å². The third-order valence-corrected chi connectivity index (χ3v) is 2.64. The van der Waals surface area contributed by atoms with Crippen molar-refractivity contribution in [3.05, 3.63) is 35.9 Å². The number of carboxylic acids is 1. The molecule has 18 heavy (non-hydrogen) atoms. The van der Waals surface area contributed by atoms with Gasteiger partial charge in [0.1, 0.15) is 6.04 Å². The minimum absolute atomic E-state index is 0.374. The molecule has 0 radical (unpaired) electrons. The molecule has 98 valence electrons. The summed E-state index contributed by atoms with van der Waals surface area (Å²) in [5.74, 6) is -1.04. The monoisotopic (exact) mass is 250 g/mol. The molecule has 2 amide bonds. The van der Waals surface area contributed by atoms with Crippen LogP contribution in [0.1, 0.15) is 12.5 Å². The van der Waals surface area contributed by atoms with Crippen molar-refractivity contribution in [3.8, 4) is 0 Å². The fourth-order valence-corrected chi connectivity index (χ4v) is 1.40. The van der Waals surface area contributed by atoms with Gasteiger partial charge in [-0.05, 0) is 18.9 Å². The number of carboxylic acid groups (broad SMARTS) is 1. The molecule has 1 aromatic carbocycles. The Morgan fingerprint density at radius 1 is 1.33 bits per heavy atom. The summed E-state index contributed by atoms with van der Waals surface area (Å²) in [6, 6.07) is 8.56. The largest absolute Gasteiger partial charge is 0.480 e. The van der Waals surface area contributed by atoms with Crippen LogP contribution in [0.2, 0.25) is 0 Å². The Morgan fingerprint density at radius 2 is 1.94 bits per heavy atom. The molecule has 1 atom stereocenters. The highest BCUT2D eigenvalue weighted by Gasteiger charge is 2.16. The molecule has 1 aromatic rings. The van der Waals surface area contributed by atoms with Crippen molar-refractivity contribution in [3.63, 3.8) is 0 Å². The topological polar surface area (TPSA) is 69.6 Å². The second kappa shape index (κ2) is 6.64. The smallest absolute Gasteiger partial charge is 0.325 e. The Kier molecular flexibility index (Phi) is 5.17. The van der Waals surface area contributed by atoms with Crippen LogP contribution in [0.4, 0.5) is 4.79 Å². The summed E-state index contributed by atoms with van der Waals surface area (Å²) in [6.45, 7) is 1.98. The number of amides is 2. The molecule has 0 aliphatic carbocycles. The summed E-state index contributed by atoms with van der Waals surface area (Å²) in [4.78, 5) is 23.7. The molecule has 0 aliphatic heterocycles. The quantitative estimate of drug-likeness (QED) is 0.828. The number of urea groups is 1. The number of carbonyl (C=O) groups excluding carboxylic acids is 1. The molecule has 0 heterocycles. The molecule has 0 fully saturated rings. The predicted molar refractivity (Wildman–Crippen MR) is 68.4 cm³/mol. The molecular weight excluding hydrogens is 232 g/mol. The Hall–Kier alpha value is -2.04. The standard InChI is InChI=1S/C13H18N2O3/c1-10(12(16)17)14-13(18)15(2)9-8-11-6-4-3-5-7-11/h3-7,10H,8-9H2,1-2H3,(H,14,18)(H,16,17)/t10-/m0/s1. The highest BCUT2D eigenvalue weighted by atomic mass is 16.4. The SMILES string of the molecule is C[C@H](NC(=O)N(C)CCc1ccccc1)C(=O)O. The van der Waals surface area contributed by atoms with Gasteiger partial charge in [-0.2, -0.15) is 0 Å². The molecule has 5 nitrogen and oxygen atoms in total. The first-order valence-corrected chi connectivity index (χ1v) is 5.79. The Morgan fingerprint density at radius 3 is 2.50 bits per heavy atom. The molecule has 0 bridgehead atoms. The molecule has 0 spiro atoms. The van der Waals surface area contributed by atoms with Gasteiger partial charge < -0.3 is 15.3 Å². The van der Waals surface area contributed by atoms with Crippen molar-refractivity contribution in [2.24, 2.45) is 0 Å². The highest BCUT2D eigenvalue weighted by molar-refractivity contribution is 5.82. The number of benzene rings is 1. The molecule has 2 N–H and O–H groups in total. The van der Waals surface area contributed by atoms with Crippen LogP contribution in [0, 0.1) is 0 Å². The fourth-order valence-electron chi connectivity index (χ4n) is 1.40. The third-order valence-electron chi connectivity index (χ3n) is 2.64. The molecule has 1 rings (SSSR count). The Balaban J connectivity index is 2.39. The first-order chi connectivity index (χ1) is 8.50. The normalized spacial score (nSPS) is 11.7. The van der Waals surface area contributed by atoms with E-state index in [9.17, 15) is 9.59 Å². The average molecular weight is 250 g/mol. The minimum Gasteiger partial charge on any atom is -0.480 e. The number of rotatable bonds is 5. The van der Waals surface area contributed by atoms with Crippen molar-refractivity contribution in [2.75, 3.05) is 13.6 Å². The Bertz CT molecular complexity index is 406. The van der Waals surface area contributed by atoms with Gasteiger partial charge >= 0.3 is 12.0 Å². The zero-order valence-electron chi connectivity index (χ0n) is 10.6. The molecule has 0 saturated carbocycles. The van der Waals surface area contributed by atoms with Crippen LogP contribution in [-0.2, 0) is 11.2 Å². The Labute approximate surface area is 106 Å². The number of hydrogen-bond acceptors (Lipinski definition) is 2. The van der Waals surface area contributed by atoms with Gasteiger partial charge in [-0.3, -0.25) is 4.79 Å². The third kappa shape index (κ3) is 4.45. The van der Waals surface area contributed by atoms with Crippen molar-refractivity contribution >= 4 is 12.0 Å². The van der Waals surface area contributed by atoms with Gasteiger partial charge in [-0.1, -0.05) is 30.3 Å². The summed E-state index contributed by atoms with van der Waals surface area (Å²) in [6.07, 6.45) is 0.742. The van der Waals surface area contributed by atoms with Gasteiger partial charge in [-0.25, -0.2) is 4.79 Å². The van der Waals surface area contributed by atoms with Gasteiger partial charge in [-0.15, -0.1) is 0 Å². The highest BCUT2D eigenvalue weighted by Crippen LogP contribution is 2.00. The lowest BCUT2D eigenvalue weighted by Crippen LogP contribution is -2.45. The van der Waals surface area contributed by atoms with Gasteiger partial charge in [0, 0.05) is 13.6 Å². The van der Waals surface area contributed by atoms with Crippen LogP contribution in [0.25, 0.3) is 0 Å². The summed E-state index contributed by atoms with van der Waals surface area (Å²) >= 11 is 0. The van der Waals surface area contributed by atoms with Crippen LogP contribution >= 0.6 is 0 Å². The van der Waals surface area contributed by atoms with E-state index in [1.54, 1.807) is 7.05 Å². The summed E-state index contributed by atoms with van der Waals surface area (Å²) in [5, 5.41) is 11.1. The van der Waals surface area contributed by atoms with Gasteiger partial charge in [0.25, 0.3) is 0 Å². The number of likely N-dealkylation sites (N-methyl/N-ethyl adjacent to an activating group) is 1. The molecule has 0 unspecified atom stereocenters. The van der Waals surface area contributed by atoms with E-state index in [0.717, 1.165) is 12.0 Å². The zero-order valence-corrected chi connectivity index (χ0v) is 10.6. The van der Waals surface area contributed by atoms with E-state index >= 15 is 0 Å². The second-order valence-corrected chi connectivity index (χ2v) is 4.17. The molecular formula is C13H18N2O3. The maximum atomic E-state index is 11.6. The fraction of sp³-hybridized carbons (Fsp3) is 0.385. The molecule has 5 heteroatoms. The number of nitrogens with one attached hydrogen (secondary N) is 1. The number of aliphatic carboxylic acids is 1. The van der Waals surface area contributed by atoms with E-state index < -0.39 is 12.0 Å². The number of nitrogens with zero attached hydrogens (tertiary/aromatic N) is 1. The summed E-state index contributed by atoms with van der Waals surface area (Å²) in [5.41, 5.74) is 1.14. The minimum atomic E-state index is -1.04. The van der Waals surface area contributed by atoms with Crippen LogP contribution in [0.15, 0.2) is 30.3 Å². The first-order valence-electron chi connectivity index (χ1n) is 5.79. The van der Waals surface area contributed by atoms with Crippen molar-refractivity contribution in [1.29, 1.82) is 0 Å². The van der Waals surface area contributed by atoms with Crippen molar-refractivity contribution in [2.45, 2.75) is 19.4 Å². The first kappa shape index (κ1) is 14.0. The van der Waals surface area contributed by atoms with Gasteiger partial charge in [0.05, 0.1) is 0 Å². The van der Waals surface area contributed by atoms with E-state index in [-0.39, 0.29) is 6.03 Å². The average Bonchev–Trinajstić information content (AvgIpc) is 2.36. The van der Waals surface area contributed by atoms with Crippen molar-refractivity contribution in [1.82, 2.24) is 10.2 Å². The summed E-state index contributed by atoms with van der Waals surface area (Å²) in [7, 11) is 1.65. The summed E-state index contributed by atoms with van der Waals surface area (Å²) < 4.78 is 0. The number of hydrogen-bond donors (Lipinski definition) is 2. The van der Waals surface area contributed by atoms with Crippen molar-refractivity contribution < 1.29 is 14.7 Å². The van der Waals surface area contributed by atoms with E-state index in [2.05, 4.69) is 5.32 Å². The van der Waals surface area contributed by atoms with Crippen LogP contribution in [-0.4, -0.2) is 41.6 Å². The van der Waals surface area contributed by atoms with Crippen LogP contribution < -0.4 is 5.32 Å². The lowest BCUT2D eigenvalue weighted by Gasteiger charge is -2.19. The van der Waals surface area contributed by atoms with E-state index in [1.165, 1.54) is 11.8 Å². The lowest BCUT2D eigenvalue weighted by atomic mass is 10.1. The molecule has 0 aliphatic rings. The van der Waals surface area contributed by atoms with E-state index in [4.69, 9.17) is 5.11 Å². The molecule has 0 aromatic heterocycles. The van der Waals surface area contributed by atoms with E-state index in [1.807, 2.05) is 30.3 Å². The number of carbonyl (C=O) groups is 2. The van der Waals surface area contributed by atoms with E-state index in [0.29, 0.717) is 6.54 Å². The lowest BCUT2D eigenvalue weighted by molar-refractivity contribution is -0.138. The molecule has 0 saturated heterocycles. The maximum absolute atomic E-state index is 11.6. The van der Waals surface area contributed by atoms with Crippen LogP contribution in [0.5, 0.6) is 0 Å². The second-order valence-electron chi connectivity index (χ2n) is 4.17. The van der Waals surface area contributed by atoms with Gasteiger partial charge in [0.2, 0.25) is 0 Å².